The number of hydrogen-bond donors (Lipinski definition) is 2. The number of rotatable bonds is 5. The number of carboxylic acid groups (broad SMARTS) is 1. The summed E-state index contributed by atoms with van der Waals surface area (Å²) in [5.74, 6) is -0.387. The maximum absolute atomic E-state index is 13.2. The lowest BCUT2D eigenvalue weighted by Crippen LogP contribution is -2.32. The summed E-state index contributed by atoms with van der Waals surface area (Å²) in [6.07, 6.45) is 0.238. The van der Waals surface area contributed by atoms with Crippen molar-refractivity contribution in [2.75, 3.05) is 0 Å². The first kappa shape index (κ1) is 17.4. The molecule has 116 valence electrons. The normalized spacial score (nSPS) is 12.0. The smallest absolute Gasteiger partial charge is 0.320 e. The molecule has 3 N–H and O–H groups in total. The fraction of sp³-hybridized carbons (Fsp3) is 0.133. The third-order valence-electron chi connectivity index (χ3n) is 2.85. The van der Waals surface area contributed by atoms with Crippen molar-refractivity contribution in [3.63, 3.8) is 0 Å². The highest BCUT2D eigenvalue weighted by molar-refractivity contribution is 14.1. The van der Waals surface area contributed by atoms with Gasteiger partial charge in [-0.2, -0.15) is 0 Å². The Hall–Kier alpha value is -0.940. The first-order valence-electron chi connectivity index (χ1n) is 6.26. The van der Waals surface area contributed by atoms with Crippen LogP contribution in [0, 0.1) is 13.0 Å². The van der Waals surface area contributed by atoms with E-state index in [0.29, 0.717) is 11.5 Å². The molecular weight excluding hydrogens is 515 g/mol. The molecule has 0 saturated heterocycles. The lowest BCUT2D eigenvalue weighted by Gasteiger charge is -2.13. The van der Waals surface area contributed by atoms with Gasteiger partial charge in [0.25, 0.3) is 0 Å². The molecular formula is C15H12FI2NO3. The van der Waals surface area contributed by atoms with Gasteiger partial charge >= 0.3 is 5.97 Å². The predicted molar refractivity (Wildman–Crippen MR) is 97.7 cm³/mol. The number of aliphatic carboxylic acids is 1. The molecule has 0 heterocycles. The molecule has 0 aliphatic heterocycles. The monoisotopic (exact) mass is 527 g/mol. The zero-order chi connectivity index (χ0) is 16.3. The van der Waals surface area contributed by atoms with Gasteiger partial charge in [0.2, 0.25) is 0 Å². The summed E-state index contributed by atoms with van der Waals surface area (Å²) in [7, 11) is 0. The molecule has 0 spiro atoms. The van der Waals surface area contributed by atoms with Crippen LogP contribution in [0.15, 0.2) is 36.4 Å². The summed E-state index contributed by atoms with van der Waals surface area (Å²) in [6, 6.07) is 8.59. The molecule has 0 saturated carbocycles. The van der Waals surface area contributed by atoms with Crippen LogP contribution in [0.25, 0.3) is 0 Å². The topological polar surface area (TPSA) is 72.5 Å². The first-order chi connectivity index (χ1) is 10.4. The van der Waals surface area contributed by atoms with Gasteiger partial charge in [-0.15, -0.1) is 0 Å². The molecule has 22 heavy (non-hydrogen) atoms. The van der Waals surface area contributed by atoms with Crippen molar-refractivity contribution in [1.29, 1.82) is 0 Å². The number of halogens is 3. The van der Waals surface area contributed by atoms with Crippen LogP contribution in [0.2, 0.25) is 0 Å². The van der Waals surface area contributed by atoms with E-state index >= 15 is 0 Å². The third-order valence-corrected chi connectivity index (χ3v) is 4.45. The van der Waals surface area contributed by atoms with Crippen molar-refractivity contribution >= 4 is 51.2 Å². The maximum Gasteiger partial charge on any atom is 0.320 e. The zero-order valence-corrected chi connectivity index (χ0v) is 15.5. The van der Waals surface area contributed by atoms with E-state index in [1.54, 1.807) is 12.1 Å². The summed E-state index contributed by atoms with van der Waals surface area (Å²) >= 11 is 4.20. The van der Waals surface area contributed by atoms with Gasteiger partial charge in [0.1, 0.15) is 17.6 Å². The van der Waals surface area contributed by atoms with Crippen LogP contribution in [0.3, 0.4) is 0 Å². The van der Waals surface area contributed by atoms with E-state index in [1.807, 2.05) is 12.1 Å². The number of carboxylic acids is 1. The Bertz CT molecular complexity index is 686. The average Bonchev–Trinajstić information content (AvgIpc) is 2.43. The quantitative estimate of drug-likeness (QED) is 0.582. The molecule has 2 rings (SSSR count). The molecule has 0 aromatic heterocycles. The van der Waals surface area contributed by atoms with E-state index in [4.69, 9.17) is 15.6 Å². The minimum absolute atomic E-state index is 0.238. The molecule has 0 bridgehead atoms. The molecule has 0 unspecified atom stereocenters. The minimum atomic E-state index is -1.04. The molecule has 1 atom stereocenters. The Labute approximate surface area is 154 Å². The van der Waals surface area contributed by atoms with Crippen LogP contribution < -0.4 is 10.5 Å². The SMILES string of the molecule is N[C@@H](Cc1cc(I)c(Oc2cccc(F)c2)c(I)c1)C(=O)O. The van der Waals surface area contributed by atoms with E-state index in [-0.39, 0.29) is 12.2 Å². The van der Waals surface area contributed by atoms with E-state index in [9.17, 15) is 9.18 Å². The molecule has 2 aromatic carbocycles. The van der Waals surface area contributed by atoms with Crippen molar-refractivity contribution in [3.05, 3.63) is 54.9 Å². The number of nitrogens with two attached hydrogens (primary N) is 1. The third kappa shape index (κ3) is 4.53. The maximum atomic E-state index is 13.2. The molecule has 0 amide bonds. The lowest BCUT2D eigenvalue weighted by molar-refractivity contribution is -0.138. The number of hydrogen-bond acceptors (Lipinski definition) is 3. The predicted octanol–water partition coefficient (Wildman–Crippen LogP) is 3.78. The van der Waals surface area contributed by atoms with Gasteiger partial charge in [-0.1, -0.05) is 6.07 Å². The van der Waals surface area contributed by atoms with Gasteiger partial charge in [-0.3, -0.25) is 4.79 Å². The number of carbonyl (C=O) groups is 1. The van der Waals surface area contributed by atoms with Crippen molar-refractivity contribution in [3.8, 4) is 11.5 Å². The molecule has 0 aliphatic rings. The van der Waals surface area contributed by atoms with Gasteiger partial charge in [0.05, 0.1) is 7.14 Å². The summed E-state index contributed by atoms with van der Waals surface area (Å²) in [5, 5.41) is 8.87. The van der Waals surface area contributed by atoms with Crippen molar-refractivity contribution in [1.82, 2.24) is 0 Å². The van der Waals surface area contributed by atoms with Gasteiger partial charge < -0.3 is 15.6 Å². The number of ether oxygens (including phenoxy) is 1. The second-order valence-corrected chi connectivity index (χ2v) is 6.92. The molecule has 0 fully saturated rings. The molecule has 2 aromatic rings. The summed E-state index contributed by atoms with van der Waals surface area (Å²) in [6.45, 7) is 0. The van der Waals surface area contributed by atoms with E-state index in [1.165, 1.54) is 12.1 Å². The first-order valence-corrected chi connectivity index (χ1v) is 8.42. The Kier molecular flexibility index (Phi) is 5.98. The van der Waals surface area contributed by atoms with Crippen LogP contribution >= 0.6 is 45.2 Å². The van der Waals surface area contributed by atoms with Crippen molar-refractivity contribution in [2.45, 2.75) is 12.5 Å². The van der Waals surface area contributed by atoms with Gasteiger partial charge in [0.15, 0.2) is 5.75 Å². The molecule has 0 radical (unpaired) electrons. The van der Waals surface area contributed by atoms with E-state index in [2.05, 4.69) is 45.2 Å². The second-order valence-electron chi connectivity index (χ2n) is 4.60. The highest BCUT2D eigenvalue weighted by Crippen LogP contribution is 2.33. The molecule has 4 nitrogen and oxygen atoms in total. The average molecular weight is 527 g/mol. The van der Waals surface area contributed by atoms with Crippen molar-refractivity contribution in [2.24, 2.45) is 5.73 Å². The Morgan fingerprint density at radius 3 is 2.45 bits per heavy atom. The fourth-order valence-corrected chi connectivity index (χ4v) is 3.93. The largest absolute Gasteiger partial charge is 0.480 e. The Morgan fingerprint density at radius 1 is 1.27 bits per heavy atom. The Morgan fingerprint density at radius 2 is 1.91 bits per heavy atom. The van der Waals surface area contributed by atoms with Crippen LogP contribution in [0.5, 0.6) is 11.5 Å². The van der Waals surface area contributed by atoms with Gasteiger partial charge in [-0.25, -0.2) is 4.39 Å². The minimum Gasteiger partial charge on any atom is -0.480 e. The lowest BCUT2D eigenvalue weighted by atomic mass is 10.1. The summed E-state index contributed by atoms with van der Waals surface area (Å²) in [5.41, 5.74) is 6.36. The molecule has 7 heteroatoms. The standard InChI is InChI=1S/C15H12FI2NO3/c16-9-2-1-3-10(7-9)22-14-11(17)4-8(5-12(14)18)6-13(19)15(20)21/h1-5,7,13H,6,19H2,(H,20,21)/t13-/m0/s1. The zero-order valence-electron chi connectivity index (χ0n) is 11.2. The van der Waals surface area contributed by atoms with Gasteiger partial charge in [0, 0.05) is 6.07 Å². The number of benzene rings is 2. The summed E-state index contributed by atoms with van der Waals surface area (Å²) < 4.78 is 20.5. The van der Waals surface area contributed by atoms with Crippen molar-refractivity contribution < 1.29 is 19.0 Å². The van der Waals surface area contributed by atoms with Crippen LogP contribution in [-0.2, 0) is 11.2 Å². The van der Waals surface area contributed by atoms with E-state index < -0.39 is 12.0 Å². The summed E-state index contributed by atoms with van der Waals surface area (Å²) in [4.78, 5) is 10.8. The van der Waals surface area contributed by atoms with Crippen LogP contribution in [-0.4, -0.2) is 17.1 Å². The Balaban J connectivity index is 2.25. The molecule has 0 aliphatic carbocycles. The highest BCUT2D eigenvalue weighted by atomic mass is 127. The van der Waals surface area contributed by atoms with Crippen LogP contribution in [0.1, 0.15) is 5.56 Å². The highest BCUT2D eigenvalue weighted by Gasteiger charge is 2.16. The van der Waals surface area contributed by atoms with E-state index in [0.717, 1.165) is 12.7 Å². The fourth-order valence-electron chi connectivity index (χ4n) is 1.82. The van der Waals surface area contributed by atoms with Gasteiger partial charge in [-0.05, 0) is 81.4 Å². The second kappa shape index (κ2) is 7.55. The van der Waals surface area contributed by atoms with Crippen LogP contribution in [0.4, 0.5) is 4.39 Å².